The Morgan fingerprint density at radius 1 is 1.17 bits per heavy atom. The van der Waals surface area contributed by atoms with E-state index in [1.165, 1.54) is 16.9 Å². The molecule has 2 rings (SSSR count). The standard InChI is InChI=1S/C17H21N3OS2/c1-12-6-7-14(13(2)11-12)20-17(22)19-9-4-8-18-16(21)15-5-3-10-23-15/h3,5-7,10-11H,4,8-9H2,1-2H3,(H,18,21)(H2,19,20,22). The van der Waals surface area contributed by atoms with Crippen LogP contribution >= 0.6 is 23.6 Å². The van der Waals surface area contributed by atoms with Gasteiger partial charge in [0.1, 0.15) is 0 Å². The fourth-order valence-corrected chi connectivity index (χ4v) is 2.96. The van der Waals surface area contributed by atoms with Crippen molar-refractivity contribution in [3.8, 4) is 0 Å². The van der Waals surface area contributed by atoms with E-state index in [1.807, 2.05) is 23.6 Å². The largest absolute Gasteiger partial charge is 0.362 e. The number of rotatable bonds is 6. The fourth-order valence-electron chi connectivity index (χ4n) is 2.11. The van der Waals surface area contributed by atoms with Crippen LogP contribution in [0.3, 0.4) is 0 Å². The van der Waals surface area contributed by atoms with Gasteiger partial charge in [-0.25, -0.2) is 0 Å². The average molecular weight is 348 g/mol. The second-order valence-corrected chi connectivity index (χ2v) is 6.64. The first-order chi connectivity index (χ1) is 11.1. The molecule has 122 valence electrons. The van der Waals surface area contributed by atoms with Crippen LogP contribution in [-0.2, 0) is 0 Å². The third-order valence-electron chi connectivity index (χ3n) is 3.30. The maximum absolute atomic E-state index is 11.7. The van der Waals surface area contributed by atoms with Gasteiger partial charge >= 0.3 is 0 Å². The molecule has 0 fully saturated rings. The summed E-state index contributed by atoms with van der Waals surface area (Å²) in [4.78, 5) is 12.5. The Hall–Kier alpha value is -1.92. The molecule has 0 spiro atoms. The minimum atomic E-state index is -0.0176. The van der Waals surface area contributed by atoms with E-state index in [0.29, 0.717) is 18.2 Å². The summed E-state index contributed by atoms with van der Waals surface area (Å²) in [5, 5.41) is 11.7. The third-order valence-corrected chi connectivity index (χ3v) is 4.41. The van der Waals surface area contributed by atoms with Crippen molar-refractivity contribution in [2.24, 2.45) is 0 Å². The number of thiophene rings is 1. The van der Waals surface area contributed by atoms with Gasteiger partial charge < -0.3 is 16.0 Å². The molecule has 0 atom stereocenters. The van der Waals surface area contributed by atoms with Crippen LogP contribution in [0.5, 0.6) is 0 Å². The minimum absolute atomic E-state index is 0.0176. The van der Waals surface area contributed by atoms with Crippen LogP contribution in [0.15, 0.2) is 35.7 Å². The second-order valence-electron chi connectivity index (χ2n) is 5.29. The molecule has 3 N–H and O–H groups in total. The molecule has 1 aromatic carbocycles. The van der Waals surface area contributed by atoms with Crippen LogP contribution in [0.4, 0.5) is 5.69 Å². The van der Waals surface area contributed by atoms with Crippen LogP contribution in [0.25, 0.3) is 0 Å². The van der Waals surface area contributed by atoms with Gasteiger partial charge in [-0.3, -0.25) is 4.79 Å². The zero-order valence-electron chi connectivity index (χ0n) is 13.3. The van der Waals surface area contributed by atoms with Crippen LogP contribution in [-0.4, -0.2) is 24.1 Å². The van der Waals surface area contributed by atoms with Gasteiger partial charge in [-0.05, 0) is 55.6 Å². The number of carbonyl (C=O) groups is 1. The Bertz CT molecular complexity index is 668. The summed E-state index contributed by atoms with van der Waals surface area (Å²) in [6, 6.07) is 9.89. The number of anilines is 1. The van der Waals surface area contributed by atoms with E-state index in [1.54, 1.807) is 0 Å². The predicted molar refractivity (Wildman–Crippen MR) is 101 cm³/mol. The first-order valence-electron chi connectivity index (χ1n) is 7.50. The molecular formula is C17H21N3OS2. The third kappa shape index (κ3) is 5.65. The van der Waals surface area contributed by atoms with Gasteiger partial charge in [0, 0.05) is 18.8 Å². The number of hydrogen-bond donors (Lipinski definition) is 3. The molecule has 0 aliphatic rings. The monoisotopic (exact) mass is 347 g/mol. The second kappa shape index (κ2) is 8.64. The van der Waals surface area contributed by atoms with Crippen molar-refractivity contribution in [1.29, 1.82) is 0 Å². The molecule has 1 heterocycles. The quantitative estimate of drug-likeness (QED) is 0.553. The van der Waals surface area contributed by atoms with E-state index >= 15 is 0 Å². The predicted octanol–water partition coefficient (Wildman–Crippen LogP) is 3.47. The first-order valence-corrected chi connectivity index (χ1v) is 8.79. The highest BCUT2D eigenvalue weighted by atomic mass is 32.1. The Balaban J connectivity index is 1.64. The molecule has 0 bridgehead atoms. The highest BCUT2D eigenvalue weighted by Crippen LogP contribution is 2.15. The van der Waals surface area contributed by atoms with E-state index in [2.05, 4.69) is 41.9 Å². The summed E-state index contributed by atoms with van der Waals surface area (Å²) in [6.45, 7) is 5.45. The number of hydrogen-bond acceptors (Lipinski definition) is 3. The summed E-state index contributed by atoms with van der Waals surface area (Å²) in [6.07, 6.45) is 0.811. The molecule has 0 unspecified atom stereocenters. The summed E-state index contributed by atoms with van der Waals surface area (Å²) in [5.41, 5.74) is 3.41. The number of amides is 1. The van der Waals surface area contributed by atoms with Crippen molar-refractivity contribution in [1.82, 2.24) is 10.6 Å². The molecule has 4 nitrogen and oxygen atoms in total. The number of carbonyl (C=O) groups excluding carboxylic acids is 1. The normalized spacial score (nSPS) is 10.2. The Morgan fingerprint density at radius 3 is 2.65 bits per heavy atom. The Labute approximate surface area is 146 Å². The smallest absolute Gasteiger partial charge is 0.261 e. The van der Waals surface area contributed by atoms with Crippen molar-refractivity contribution < 1.29 is 4.79 Å². The number of benzene rings is 1. The fraction of sp³-hybridized carbons (Fsp3) is 0.294. The molecule has 2 aromatic rings. The molecule has 0 radical (unpaired) electrons. The van der Waals surface area contributed by atoms with Crippen molar-refractivity contribution in [3.05, 3.63) is 51.7 Å². The minimum Gasteiger partial charge on any atom is -0.362 e. The summed E-state index contributed by atoms with van der Waals surface area (Å²) in [7, 11) is 0. The molecule has 1 amide bonds. The SMILES string of the molecule is Cc1ccc(NC(=S)NCCCNC(=O)c2cccs2)c(C)c1. The summed E-state index contributed by atoms with van der Waals surface area (Å²) in [5.74, 6) is -0.0176. The van der Waals surface area contributed by atoms with Gasteiger partial charge in [-0.2, -0.15) is 0 Å². The molecule has 6 heteroatoms. The number of nitrogens with one attached hydrogen (secondary N) is 3. The van der Waals surface area contributed by atoms with Crippen LogP contribution in [0.2, 0.25) is 0 Å². The molecule has 23 heavy (non-hydrogen) atoms. The van der Waals surface area contributed by atoms with E-state index in [9.17, 15) is 4.79 Å². The first kappa shape index (κ1) is 17.4. The van der Waals surface area contributed by atoms with E-state index in [-0.39, 0.29) is 5.91 Å². The Morgan fingerprint density at radius 2 is 1.96 bits per heavy atom. The van der Waals surface area contributed by atoms with Gasteiger partial charge in [0.25, 0.3) is 5.91 Å². The van der Waals surface area contributed by atoms with Crippen molar-refractivity contribution in [2.75, 3.05) is 18.4 Å². The van der Waals surface area contributed by atoms with Gasteiger partial charge in [0.15, 0.2) is 5.11 Å². The van der Waals surface area contributed by atoms with Crippen LogP contribution < -0.4 is 16.0 Å². The molecule has 1 aromatic heterocycles. The summed E-state index contributed by atoms with van der Waals surface area (Å²) >= 11 is 6.73. The highest BCUT2D eigenvalue weighted by molar-refractivity contribution is 7.80. The topological polar surface area (TPSA) is 53.2 Å². The molecule has 0 saturated heterocycles. The average Bonchev–Trinajstić information content (AvgIpc) is 3.04. The summed E-state index contributed by atoms with van der Waals surface area (Å²) < 4.78 is 0. The van der Waals surface area contributed by atoms with Crippen LogP contribution in [0, 0.1) is 13.8 Å². The van der Waals surface area contributed by atoms with E-state index in [0.717, 1.165) is 22.5 Å². The maximum Gasteiger partial charge on any atom is 0.261 e. The van der Waals surface area contributed by atoms with Gasteiger partial charge in [-0.15, -0.1) is 11.3 Å². The maximum atomic E-state index is 11.7. The molecular weight excluding hydrogens is 326 g/mol. The van der Waals surface area contributed by atoms with Crippen molar-refractivity contribution in [3.63, 3.8) is 0 Å². The van der Waals surface area contributed by atoms with Gasteiger partial charge in [0.2, 0.25) is 0 Å². The molecule has 0 aliphatic heterocycles. The number of thiocarbonyl (C=S) groups is 1. The van der Waals surface area contributed by atoms with Gasteiger partial charge in [0.05, 0.1) is 4.88 Å². The van der Waals surface area contributed by atoms with Gasteiger partial charge in [-0.1, -0.05) is 23.8 Å². The lowest BCUT2D eigenvalue weighted by atomic mass is 10.1. The zero-order chi connectivity index (χ0) is 16.7. The van der Waals surface area contributed by atoms with E-state index < -0.39 is 0 Å². The Kier molecular flexibility index (Phi) is 6.55. The van der Waals surface area contributed by atoms with Crippen LogP contribution in [0.1, 0.15) is 27.2 Å². The lowest BCUT2D eigenvalue weighted by Gasteiger charge is -2.13. The van der Waals surface area contributed by atoms with E-state index in [4.69, 9.17) is 12.2 Å². The van der Waals surface area contributed by atoms with Crippen molar-refractivity contribution >= 4 is 40.3 Å². The highest BCUT2D eigenvalue weighted by Gasteiger charge is 2.05. The number of aryl methyl sites for hydroxylation is 2. The van der Waals surface area contributed by atoms with Crippen molar-refractivity contribution in [2.45, 2.75) is 20.3 Å². The molecule has 0 saturated carbocycles. The molecule has 0 aliphatic carbocycles. The lowest BCUT2D eigenvalue weighted by molar-refractivity contribution is 0.0957. The zero-order valence-corrected chi connectivity index (χ0v) is 14.9. The lowest BCUT2D eigenvalue weighted by Crippen LogP contribution is -2.32.